The fourth-order valence-corrected chi connectivity index (χ4v) is 2.42. The molecule has 0 aliphatic rings. The fraction of sp³-hybridized carbons (Fsp3) is 0.300. The summed E-state index contributed by atoms with van der Waals surface area (Å²) in [6.45, 7) is -3.00. The maximum Gasteiger partial charge on any atom is 0.387 e. The molecule has 28 heavy (non-hydrogen) atoms. The molecular weight excluding hydrogens is 372 g/mol. The molecule has 0 fully saturated rings. The number of halogens is 2. The topological polar surface area (TPSA) is 73.9 Å². The summed E-state index contributed by atoms with van der Waals surface area (Å²) >= 11 is 0. The van der Waals surface area contributed by atoms with Crippen molar-refractivity contribution < 1.29 is 32.6 Å². The fourth-order valence-electron chi connectivity index (χ4n) is 2.42. The number of esters is 1. The molecular formula is C20H21F2NO5. The molecule has 0 heterocycles. The molecule has 0 bridgehead atoms. The highest BCUT2D eigenvalue weighted by molar-refractivity contribution is 5.92. The first-order valence-electron chi connectivity index (χ1n) is 8.60. The number of hydrogen-bond acceptors (Lipinski definition) is 5. The highest BCUT2D eigenvalue weighted by atomic mass is 19.3. The predicted octanol–water partition coefficient (Wildman–Crippen LogP) is 3.20. The molecule has 0 atom stereocenters. The van der Waals surface area contributed by atoms with Crippen LogP contribution in [-0.2, 0) is 16.0 Å². The van der Waals surface area contributed by atoms with Crippen LogP contribution in [-0.4, -0.2) is 38.7 Å². The molecule has 0 aliphatic carbocycles. The van der Waals surface area contributed by atoms with Gasteiger partial charge in [0.05, 0.1) is 12.7 Å². The normalized spacial score (nSPS) is 10.4. The van der Waals surface area contributed by atoms with E-state index < -0.39 is 25.1 Å². The Morgan fingerprint density at radius 3 is 2.50 bits per heavy atom. The number of aryl methyl sites for hydroxylation is 1. The molecule has 0 radical (unpaired) electrons. The zero-order valence-corrected chi connectivity index (χ0v) is 15.3. The summed E-state index contributed by atoms with van der Waals surface area (Å²) in [5.41, 5.74) is 1.23. The lowest BCUT2D eigenvalue weighted by atomic mass is 10.1. The third kappa shape index (κ3) is 6.86. The number of carbonyl (C=O) groups excluding carboxylic acids is 2. The van der Waals surface area contributed by atoms with Gasteiger partial charge in [-0.1, -0.05) is 30.3 Å². The van der Waals surface area contributed by atoms with Gasteiger partial charge >= 0.3 is 12.6 Å². The molecule has 2 rings (SSSR count). The second-order valence-corrected chi connectivity index (χ2v) is 5.76. The smallest absolute Gasteiger partial charge is 0.387 e. The molecule has 150 valence electrons. The van der Waals surface area contributed by atoms with Crippen LogP contribution in [0.4, 0.5) is 8.78 Å². The van der Waals surface area contributed by atoms with Gasteiger partial charge in [-0.25, -0.2) is 4.79 Å². The van der Waals surface area contributed by atoms with Crippen molar-refractivity contribution >= 4 is 11.9 Å². The Kier molecular flexibility index (Phi) is 8.20. The number of benzene rings is 2. The van der Waals surface area contributed by atoms with Crippen molar-refractivity contribution in [2.75, 3.05) is 20.3 Å². The van der Waals surface area contributed by atoms with E-state index in [4.69, 9.17) is 9.47 Å². The number of methoxy groups -OCH3 is 1. The standard InChI is InChI=1S/C20H21F2NO5/c1-26-17-12-15(9-10-16(17)28-20(21)22)19(25)27-13-18(24)23-11-5-8-14-6-3-2-4-7-14/h2-4,6-7,9-10,12,20H,5,8,11,13H2,1H3,(H,23,24). The zero-order chi connectivity index (χ0) is 20.4. The average molecular weight is 393 g/mol. The van der Waals surface area contributed by atoms with Gasteiger partial charge in [0, 0.05) is 6.54 Å². The molecule has 1 amide bonds. The zero-order valence-electron chi connectivity index (χ0n) is 15.3. The highest BCUT2D eigenvalue weighted by Crippen LogP contribution is 2.29. The summed E-state index contributed by atoms with van der Waals surface area (Å²) in [6, 6.07) is 13.5. The molecule has 0 aromatic heterocycles. The molecule has 2 aromatic carbocycles. The first-order valence-corrected chi connectivity index (χ1v) is 8.60. The third-order valence-corrected chi connectivity index (χ3v) is 3.76. The van der Waals surface area contributed by atoms with Gasteiger partial charge in [0.15, 0.2) is 18.1 Å². The van der Waals surface area contributed by atoms with E-state index in [9.17, 15) is 18.4 Å². The Morgan fingerprint density at radius 2 is 1.82 bits per heavy atom. The Bertz CT molecular complexity index is 783. The minimum absolute atomic E-state index is 0.0416. The van der Waals surface area contributed by atoms with E-state index in [1.54, 1.807) is 0 Å². The van der Waals surface area contributed by atoms with Crippen molar-refractivity contribution in [3.8, 4) is 11.5 Å². The number of amides is 1. The quantitative estimate of drug-likeness (QED) is 0.496. The van der Waals surface area contributed by atoms with Crippen molar-refractivity contribution in [2.24, 2.45) is 0 Å². The van der Waals surface area contributed by atoms with Gasteiger partial charge < -0.3 is 19.5 Å². The van der Waals surface area contributed by atoms with E-state index in [-0.39, 0.29) is 17.1 Å². The van der Waals surface area contributed by atoms with Crippen LogP contribution in [0.5, 0.6) is 11.5 Å². The lowest BCUT2D eigenvalue weighted by Crippen LogP contribution is -2.29. The van der Waals surface area contributed by atoms with Crippen molar-refractivity contribution in [3.05, 3.63) is 59.7 Å². The summed E-state index contributed by atoms with van der Waals surface area (Å²) in [4.78, 5) is 23.8. The highest BCUT2D eigenvalue weighted by Gasteiger charge is 2.16. The first kappa shape index (κ1) is 21.1. The summed E-state index contributed by atoms with van der Waals surface area (Å²) < 4.78 is 38.8. The van der Waals surface area contributed by atoms with Crippen LogP contribution in [0.3, 0.4) is 0 Å². The van der Waals surface area contributed by atoms with E-state index in [2.05, 4.69) is 10.1 Å². The monoisotopic (exact) mass is 393 g/mol. The summed E-state index contributed by atoms with van der Waals surface area (Å²) in [5.74, 6) is -1.45. The minimum atomic E-state index is -3.02. The molecule has 6 nitrogen and oxygen atoms in total. The van der Waals surface area contributed by atoms with E-state index >= 15 is 0 Å². The average Bonchev–Trinajstić information content (AvgIpc) is 2.70. The van der Waals surface area contributed by atoms with Crippen molar-refractivity contribution in [1.82, 2.24) is 5.32 Å². The summed E-state index contributed by atoms with van der Waals surface area (Å²) in [5, 5.41) is 2.67. The molecule has 8 heteroatoms. The van der Waals surface area contributed by atoms with Crippen LogP contribution in [0.15, 0.2) is 48.5 Å². The number of nitrogens with one attached hydrogen (secondary N) is 1. The number of rotatable bonds is 10. The predicted molar refractivity (Wildman–Crippen MR) is 97.7 cm³/mol. The number of ether oxygens (including phenoxy) is 3. The SMILES string of the molecule is COc1cc(C(=O)OCC(=O)NCCCc2ccccc2)ccc1OC(F)F. The van der Waals surface area contributed by atoms with Crippen LogP contribution in [0.2, 0.25) is 0 Å². The van der Waals surface area contributed by atoms with Crippen molar-refractivity contribution in [2.45, 2.75) is 19.5 Å². The largest absolute Gasteiger partial charge is 0.493 e. The Balaban J connectivity index is 1.75. The minimum Gasteiger partial charge on any atom is -0.493 e. The molecule has 1 N–H and O–H groups in total. The van der Waals surface area contributed by atoms with Gasteiger partial charge in [0.1, 0.15) is 0 Å². The van der Waals surface area contributed by atoms with Crippen LogP contribution >= 0.6 is 0 Å². The Labute approximate surface area is 161 Å². The third-order valence-electron chi connectivity index (χ3n) is 3.76. The molecule has 0 saturated carbocycles. The van der Waals surface area contributed by atoms with Crippen LogP contribution in [0.25, 0.3) is 0 Å². The Hall–Kier alpha value is -3.16. The van der Waals surface area contributed by atoms with Crippen molar-refractivity contribution in [3.63, 3.8) is 0 Å². The van der Waals surface area contributed by atoms with Gasteiger partial charge in [-0.2, -0.15) is 8.78 Å². The molecule has 0 unspecified atom stereocenters. The van der Waals surface area contributed by atoms with E-state index in [1.165, 1.54) is 30.9 Å². The molecule has 0 spiro atoms. The number of alkyl halides is 2. The van der Waals surface area contributed by atoms with Gasteiger partial charge in [0.2, 0.25) is 0 Å². The van der Waals surface area contributed by atoms with Gasteiger partial charge in [-0.3, -0.25) is 4.79 Å². The van der Waals surface area contributed by atoms with Crippen molar-refractivity contribution in [1.29, 1.82) is 0 Å². The van der Waals surface area contributed by atoms with E-state index in [1.807, 2.05) is 30.3 Å². The van der Waals surface area contributed by atoms with Crippen LogP contribution in [0.1, 0.15) is 22.3 Å². The van der Waals surface area contributed by atoms with Gasteiger partial charge in [-0.05, 0) is 36.6 Å². The van der Waals surface area contributed by atoms with Gasteiger partial charge in [0.25, 0.3) is 5.91 Å². The second-order valence-electron chi connectivity index (χ2n) is 5.76. The first-order chi connectivity index (χ1) is 13.5. The van der Waals surface area contributed by atoms with E-state index in [0.29, 0.717) is 6.54 Å². The maximum atomic E-state index is 12.3. The van der Waals surface area contributed by atoms with E-state index in [0.717, 1.165) is 12.8 Å². The lowest BCUT2D eigenvalue weighted by molar-refractivity contribution is -0.124. The second kappa shape index (κ2) is 10.9. The molecule has 0 saturated heterocycles. The maximum absolute atomic E-state index is 12.3. The van der Waals surface area contributed by atoms with Gasteiger partial charge in [-0.15, -0.1) is 0 Å². The lowest BCUT2D eigenvalue weighted by Gasteiger charge is -2.11. The Morgan fingerprint density at radius 1 is 1.07 bits per heavy atom. The molecule has 2 aromatic rings. The molecule has 0 aliphatic heterocycles. The van der Waals surface area contributed by atoms with Crippen LogP contribution < -0.4 is 14.8 Å². The summed E-state index contributed by atoms with van der Waals surface area (Å²) in [6.07, 6.45) is 1.58. The van der Waals surface area contributed by atoms with Crippen LogP contribution in [0, 0.1) is 0 Å². The number of hydrogen-bond donors (Lipinski definition) is 1. The summed E-state index contributed by atoms with van der Waals surface area (Å²) in [7, 11) is 1.26. The number of carbonyl (C=O) groups is 2.